The highest BCUT2D eigenvalue weighted by Gasteiger charge is 2.43. The van der Waals surface area contributed by atoms with Gasteiger partial charge in [-0.15, -0.1) is 0 Å². The molecule has 1 aliphatic rings. The topological polar surface area (TPSA) is 66.4 Å². The van der Waals surface area contributed by atoms with Crippen molar-refractivity contribution in [3.8, 4) is 0 Å². The maximum atomic E-state index is 11.8. The number of hydrogen-bond acceptors (Lipinski definition) is 2. The van der Waals surface area contributed by atoms with Gasteiger partial charge in [-0.05, 0) is 28.7 Å². The first kappa shape index (κ1) is 12.7. The molecule has 1 aliphatic carbocycles. The van der Waals surface area contributed by atoms with Gasteiger partial charge in [0.1, 0.15) is 6.54 Å². The Hall–Kier alpha value is -2.36. The predicted octanol–water partition coefficient (Wildman–Crippen LogP) is 2.14. The Morgan fingerprint density at radius 1 is 1.15 bits per heavy atom. The van der Waals surface area contributed by atoms with Crippen LogP contribution in [-0.4, -0.2) is 23.5 Å². The van der Waals surface area contributed by atoms with E-state index in [2.05, 4.69) is 35.6 Å². The molecule has 0 aromatic heterocycles. The quantitative estimate of drug-likeness (QED) is 0.893. The Labute approximate surface area is 116 Å². The van der Waals surface area contributed by atoms with E-state index >= 15 is 0 Å². The van der Waals surface area contributed by atoms with Gasteiger partial charge in [-0.1, -0.05) is 42.5 Å². The van der Waals surface area contributed by atoms with Crippen LogP contribution in [0.1, 0.15) is 17.9 Å². The second-order valence-electron chi connectivity index (χ2n) is 5.17. The first-order valence-electron chi connectivity index (χ1n) is 6.63. The van der Waals surface area contributed by atoms with Crippen molar-refractivity contribution in [2.24, 2.45) is 5.92 Å². The van der Waals surface area contributed by atoms with Crippen LogP contribution in [0.4, 0.5) is 0 Å². The van der Waals surface area contributed by atoms with Gasteiger partial charge < -0.3 is 10.4 Å². The third-order valence-corrected chi connectivity index (χ3v) is 3.74. The zero-order chi connectivity index (χ0) is 14.1. The largest absolute Gasteiger partial charge is 0.480 e. The molecule has 1 fully saturated rings. The zero-order valence-corrected chi connectivity index (χ0v) is 10.9. The van der Waals surface area contributed by atoms with Gasteiger partial charge in [0.2, 0.25) is 5.91 Å². The van der Waals surface area contributed by atoms with Crippen LogP contribution < -0.4 is 5.32 Å². The number of carbonyl (C=O) groups is 2. The van der Waals surface area contributed by atoms with E-state index in [-0.39, 0.29) is 24.3 Å². The van der Waals surface area contributed by atoms with Crippen LogP contribution in [-0.2, 0) is 9.59 Å². The Kier molecular flexibility index (Phi) is 3.14. The van der Waals surface area contributed by atoms with E-state index in [1.54, 1.807) is 0 Å². The molecule has 0 heterocycles. The molecule has 0 radical (unpaired) electrons. The van der Waals surface area contributed by atoms with E-state index in [1.807, 2.05) is 12.1 Å². The fraction of sp³-hybridized carbons (Fsp3) is 0.250. The van der Waals surface area contributed by atoms with Gasteiger partial charge in [0, 0.05) is 5.92 Å². The first-order chi connectivity index (χ1) is 9.65. The van der Waals surface area contributed by atoms with Gasteiger partial charge >= 0.3 is 5.97 Å². The van der Waals surface area contributed by atoms with Crippen molar-refractivity contribution in [2.45, 2.75) is 12.3 Å². The Balaban J connectivity index is 1.71. The van der Waals surface area contributed by atoms with Crippen LogP contribution >= 0.6 is 0 Å². The van der Waals surface area contributed by atoms with Crippen molar-refractivity contribution in [3.05, 3.63) is 48.0 Å². The van der Waals surface area contributed by atoms with Gasteiger partial charge in [0.05, 0.1) is 0 Å². The number of rotatable bonds is 4. The maximum absolute atomic E-state index is 11.8. The van der Waals surface area contributed by atoms with Crippen LogP contribution in [0, 0.1) is 5.92 Å². The fourth-order valence-electron chi connectivity index (χ4n) is 2.59. The molecule has 0 saturated heterocycles. The molecule has 0 spiro atoms. The Bertz CT molecular complexity index is 680. The minimum absolute atomic E-state index is 0.0875. The highest BCUT2D eigenvalue weighted by Crippen LogP contribution is 2.48. The van der Waals surface area contributed by atoms with Gasteiger partial charge in [-0.25, -0.2) is 0 Å². The molecule has 2 aromatic rings. The lowest BCUT2D eigenvalue weighted by molar-refractivity contribution is -0.138. The summed E-state index contributed by atoms with van der Waals surface area (Å²) in [5, 5.41) is 13.3. The van der Waals surface area contributed by atoms with Crippen LogP contribution in [0.2, 0.25) is 0 Å². The van der Waals surface area contributed by atoms with E-state index in [9.17, 15) is 9.59 Å². The molecule has 2 atom stereocenters. The molecule has 4 heteroatoms. The molecule has 3 rings (SSSR count). The molecular formula is C16H15NO3. The Morgan fingerprint density at radius 2 is 1.90 bits per heavy atom. The van der Waals surface area contributed by atoms with Crippen molar-refractivity contribution >= 4 is 22.6 Å². The highest BCUT2D eigenvalue weighted by atomic mass is 16.4. The smallest absolute Gasteiger partial charge is 0.322 e. The number of carboxylic acids is 1. The standard InChI is InChI=1S/C16H15NO3/c18-15(19)9-17-16(20)14-8-13(14)12-6-5-10-3-1-2-4-11(10)7-12/h1-7,13-14H,8-9H2,(H,17,20)(H,18,19). The summed E-state index contributed by atoms with van der Waals surface area (Å²) in [7, 11) is 0. The third kappa shape index (κ3) is 2.50. The van der Waals surface area contributed by atoms with Crippen molar-refractivity contribution < 1.29 is 14.7 Å². The number of carbonyl (C=O) groups excluding carboxylic acids is 1. The van der Waals surface area contributed by atoms with Crippen molar-refractivity contribution in [1.29, 1.82) is 0 Å². The van der Waals surface area contributed by atoms with Gasteiger partial charge in [-0.3, -0.25) is 9.59 Å². The molecule has 0 aliphatic heterocycles. The summed E-state index contributed by atoms with van der Waals surface area (Å²) in [6, 6.07) is 14.3. The molecule has 2 aromatic carbocycles. The summed E-state index contributed by atoms with van der Waals surface area (Å²) in [5.41, 5.74) is 1.15. The molecule has 102 valence electrons. The summed E-state index contributed by atoms with van der Waals surface area (Å²) in [4.78, 5) is 22.2. The van der Waals surface area contributed by atoms with E-state index in [1.165, 1.54) is 10.8 Å². The average molecular weight is 269 g/mol. The number of fused-ring (bicyclic) bond motifs is 1. The van der Waals surface area contributed by atoms with Crippen molar-refractivity contribution in [1.82, 2.24) is 5.32 Å². The number of nitrogens with one attached hydrogen (secondary N) is 1. The number of aliphatic carboxylic acids is 1. The van der Waals surface area contributed by atoms with Crippen LogP contribution in [0.15, 0.2) is 42.5 Å². The summed E-state index contributed by atoms with van der Waals surface area (Å²) < 4.78 is 0. The summed E-state index contributed by atoms with van der Waals surface area (Å²) in [5.74, 6) is -1.05. The minimum atomic E-state index is -1.01. The van der Waals surface area contributed by atoms with Gasteiger partial charge in [-0.2, -0.15) is 0 Å². The summed E-state index contributed by atoms with van der Waals surface area (Å²) >= 11 is 0. The van der Waals surface area contributed by atoms with Crippen molar-refractivity contribution in [2.75, 3.05) is 6.54 Å². The van der Waals surface area contributed by atoms with E-state index in [4.69, 9.17) is 5.11 Å². The minimum Gasteiger partial charge on any atom is -0.480 e. The van der Waals surface area contributed by atoms with E-state index < -0.39 is 5.97 Å². The second-order valence-corrected chi connectivity index (χ2v) is 5.17. The number of benzene rings is 2. The monoisotopic (exact) mass is 269 g/mol. The lowest BCUT2D eigenvalue weighted by atomic mass is 10.0. The molecule has 4 nitrogen and oxygen atoms in total. The SMILES string of the molecule is O=C(O)CNC(=O)C1CC1c1ccc2ccccc2c1. The molecule has 0 bridgehead atoms. The molecule has 1 amide bonds. The van der Waals surface area contributed by atoms with Gasteiger partial charge in [0.25, 0.3) is 0 Å². The first-order valence-corrected chi connectivity index (χ1v) is 6.63. The third-order valence-electron chi connectivity index (χ3n) is 3.74. The van der Waals surface area contributed by atoms with E-state index in [0.29, 0.717) is 0 Å². The van der Waals surface area contributed by atoms with Crippen molar-refractivity contribution in [3.63, 3.8) is 0 Å². The molecule has 2 unspecified atom stereocenters. The van der Waals surface area contributed by atoms with Crippen LogP contribution in [0.25, 0.3) is 10.8 Å². The maximum Gasteiger partial charge on any atom is 0.322 e. The lowest BCUT2D eigenvalue weighted by Crippen LogP contribution is -2.30. The summed E-state index contributed by atoms with van der Waals surface area (Å²) in [6.45, 7) is -0.306. The van der Waals surface area contributed by atoms with E-state index in [0.717, 1.165) is 12.0 Å². The molecule has 1 saturated carbocycles. The number of amides is 1. The van der Waals surface area contributed by atoms with Gasteiger partial charge in [0.15, 0.2) is 0 Å². The molecule has 2 N–H and O–H groups in total. The molecular weight excluding hydrogens is 254 g/mol. The number of hydrogen-bond donors (Lipinski definition) is 2. The summed E-state index contributed by atoms with van der Waals surface area (Å²) in [6.07, 6.45) is 0.795. The number of carboxylic acid groups (broad SMARTS) is 1. The lowest BCUT2D eigenvalue weighted by Gasteiger charge is -2.04. The van der Waals surface area contributed by atoms with Crippen LogP contribution in [0.3, 0.4) is 0 Å². The normalized spacial score (nSPS) is 20.6. The predicted molar refractivity (Wildman–Crippen MR) is 75.4 cm³/mol. The molecule has 20 heavy (non-hydrogen) atoms. The van der Waals surface area contributed by atoms with Crippen LogP contribution in [0.5, 0.6) is 0 Å². The second kappa shape index (κ2) is 4.96. The fourth-order valence-corrected chi connectivity index (χ4v) is 2.59. The highest BCUT2D eigenvalue weighted by molar-refractivity contribution is 5.87. The zero-order valence-electron chi connectivity index (χ0n) is 10.9. The Morgan fingerprint density at radius 3 is 2.65 bits per heavy atom. The average Bonchev–Trinajstić information content (AvgIpc) is 3.24.